The minimum absolute atomic E-state index is 0.00202. The molecule has 0 radical (unpaired) electrons. The summed E-state index contributed by atoms with van der Waals surface area (Å²) in [7, 11) is 5.39. The second-order valence-electron chi connectivity index (χ2n) is 16.9. The summed E-state index contributed by atoms with van der Waals surface area (Å²) in [6.07, 6.45) is 1.48. The number of ether oxygens (including phenoxy) is 5. The fraction of sp³-hybridized carbons (Fsp3) is 0.756. The van der Waals surface area contributed by atoms with Crippen LogP contribution < -0.4 is 5.32 Å². The van der Waals surface area contributed by atoms with Crippen LogP contribution in [-0.2, 0) is 39.8 Å². The van der Waals surface area contributed by atoms with E-state index in [-0.39, 0.29) is 24.1 Å². The molecule has 3 saturated heterocycles. The van der Waals surface area contributed by atoms with E-state index in [0.717, 1.165) is 12.1 Å². The van der Waals surface area contributed by atoms with Gasteiger partial charge < -0.3 is 39.0 Å². The van der Waals surface area contributed by atoms with Crippen molar-refractivity contribution in [3.05, 3.63) is 30.6 Å². The quantitative estimate of drug-likeness (QED) is 0.190. The number of cyclic esters (lactones) is 1. The number of nitrogens with one attached hydrogen (secondary N) is 1. The second-order valence-corrected chi connectivity index (χ2v) is 16.9. The summed E-state index contributed by atoms with van der Waals surface area (Å²) in [5.41, 5.74) is -0.803. The lowest BCUT2D eigenvalue weighted by molar-refractivity contribution is -0.295. The second kappa shape index (κ2) is 19.0. The van der Waals surface area contributed by atoms with Crippen LogP contribution in [0.15, 0.2) is 30.6 Å². The first kappa shape index (κ1) is 44.6. The van der Waals surface area contributed by atoms with Crippen LogP contribution in [0.5, 0.6) is 0 Å². The minimum atomic E-state index is -1.21. The van der Waals surface area contributed by atoms with Crippen LogP contribution >= 0.6 is 0 Å². The molecule has 1 amide bonds. The highest BCUT2D eigenvalue weighted by atomic mass is 16.7. The number of rotatable bonds is 11. The molecule has 318 valence electrons. The van der Waals surface area contributed by atoms with Crippen molar-refractivity contribution in [2.75, 3.05) is 34.3 Å². The molecule has 16 heteroatoms. The Balaban J connectivity index is 1.36. The van der Waals surface area contributed by atoms with E-state index in [4.69, 9.17) is 23.7 Å². The van der Waals surface area contributed by atoms with Crippen LogP contribution in [-0.4, -0.2) is 147 Å². The fourth-order valence-electron chi connectivity index (χ4n) is 9.02. The SMILES string of the molecule is CC[C@H]1OC(=O)CC(=O)[C@H](C)[C@@H](O[C@@H]2O[C@H](C)CC(N(C)C)C2O)[C@](C)(OC)C[C@@H](C)CN[C@H](C)[C@H]2N(CCCCn3cc(-c4ccccn4)nn3)C(=O)O[C@]12C. The Morgan fingerprint density at radius 2 is 1.81 bits per heavy atom. The number of pyridine rings is 1. The molecule has 57 heavy (non-hydrogen) atoms. The van der Waals surface area contributed by atoms with Crippen molar-refractivity contribution in [3.63, 3.8) is 0 Å². The number of Topliss-reactive ketones (excluding diaryl/α,β-unsaturated/α-hetero) is 1. The van der Waals surface area contributed by atoms with Gasteiger partial charge in [-0.2, -0.15) is 0 Å². The van der Waals surface area contributed by atoms with Gasteiger partial charge in [0.2, 0.25) is 0 Å². The van der Waals surface area contributed by atoms with Crippen molar-refractivity contribution >= 4 is 17.8 Å². The van der Waals surface area contributed by atoms with Gasteiger partial charge in [0.1, 0.15) is 30.1 Å². The van der Waals surface area contributed by atoms with E-state index in [1.165, 1.54) is 0 Å². The number of esters is 1. The highest BCUT2D eigenvalue weighted by Crippen LogP contribution is 2.39. The van der Waals surface area contributed by atoms with Gasteiger partial charge in [-0.05, 0) is 98.5 Å². The van der Waals surface area contributed by atoms with Crippen molar-refractivity contribution in [2.45, 2.75) is 154 Å². The molecule has 3 aliphatic heterocycles. The number of aromatic nitrogens is 4. The molecule has 0 spiro atoms. The summed E-state index contributed by atoms with van der Waals surface area (Å²) in [6, 6.07) is 4.63. The number of carbonyl (C=O) groups is 3. The summed E-state index contributed by atoms with van der Waals surface area (Å²) >= 11 is 0. The number of amides is 1. The van der Waals surface area contributed by atoms with Crippen LogP contribution in [0.2, 0.25) is 0 Å². The van der Waals surface area contributed by atoms with Gasteiger partial charge in [-0.15, -0.1) is 5.10 Å². The zero-order valence-corrected chi connectivity index (χ0v) is 35.4. The summed E-state index contributed by atoms with van der Waals surface area (Å²) in [5.74, 6) is -1.95. The molecule has 2 unspecified atom stereocenters. The molecule has 2 N–H and O–H groups in total. The number of hydrogen-bond donors (Lipinski definition) is 2. The standard InChI is InChI=1S/C41H65N7O9/c1-11-33-41(7)36(48(39(52)57-41)19-15-14-18-47-24-30(44-45-47)29-16-12-13-17-42-29)28(5)43-23-25(2)22-40(6,53-10)37(27(4)32(49)21-34(50)55-33)56-38-35(51)31(46(8)9)20-26(3)54-38/h12-13,16-17,24-28,31,33,35-38,43,51H,11,14-15,18-23H2,1-10H3/t25-,26-,27+,28-,31?,33-,35?,36-,37-,38+,40-,41-/m1/s1. The average Bonchev–Trinajstić information content (AvgIpc) is 3.75. The Hall–Kier alpha value is -3.54. The van der Waals surface area contributed by atoms with Crippen LogP contribution in [0.1, 0.15) is 87.0 Å². The maximum Gasteiger partial charge on any atom is 0.410 e. The lowest BCUT2D eigenvalue weighted by Gasteiger charge is -2.46. The number of aliphatic hydroxyl groups excluding tert-OH is 1. The Morgan fingerprint density at radius 1 is 1.07 bits per heavy atom. The normalized spacial score (nSPS) is 36.0. The third kappa shape index (κ3) is 10.2. The zero-order valence-electron chi connectivity index (χ0n) is 35.4. The van der Waals surface area contributed by atoms with Gasteiger partial charge in [0.15, 0.2) is 11.9 Å². The minimum Gasteiger partial charge on any atom is -0.458 e. The van der Waals surface area contributed by atoms with Gasteiger partial charge in [-0.1, -0.05) is 32.1 Å². The summed E-state index contributed by atoms with van der Waals surface area (Å²) in [6.45, 7) is 14.9. The third-order valence-corrected chi connectivity index (χ3v) is 12.2. The first-order valence-electron chi connectivity index (χ1n) is 20.5. The lowest BCUT2D eigenvalue weighted by atomic mass is 9.80. The van der Waals surface area contributed by atoms with Crippen LogP contribution in [0.25, 0.3) is 11.4 Å². The van der Waals surface area contributed by atoms with E-state index in [1.807, 2.05) is 78.0 Å². The van der Waals surface area contributed by atoms with E-state index >= 15 is 0 Å². The molecule has 2 aromatic heterocycles. The molecule has 0 aromatic carbocycles. The van der Waals surface area contributed by atoms with Gasteiger partial charge >= 0.3 is 12.1 Å². The van der Waals surface area contributed by atoms with Gasteiger partial charge in [0.25, 0.3) is 0 Å². The molecule has 0 saturated carbocycles. The molecule has 3 fully saturated rings. The summed E-state index contributed by atoms with van der Waals surface area (Å²) < 4.78 is 33.0. The Morgan fingerprint density at radius 3 is 2.47 bits per heavy atom. The molecular formula is C41H65N7O9. The molecule has 2 aromatic rings. The number of unbranched alkanes of at least 4 members (excludes halogenated alkanes) is 1. The number of carbonyl (C=O) groups excluding carboxylic acids is 3. The number of aliphatic hydroxyl groups is 1. The molecule has 0 bridgehead atoms. The van der Waals surface area contributed by atoms with Gasteiger partial charge in [-0.3, -0.25) is 24.2 Å². The largest absolute Gasteiger partial charge is 0.458 e. The number of methoxy groups -OCH3 is 1. The first-order valence-corrected chi connectivity index (χ1v) is 20.5. The van der Waals surface area contributed by atoms with E-state index in [1.54, 1.807) is 29.8 Å². The Bertz CT molecular complexity index is 1650. The molecule has 0 aliphatic carbocycles. The fourth-order valence-corrected chi connectivity index (χ4v) is 9.02. The summed E-state index contributed by atoms with van der Waals surface area (Å²) in [4.78, 5) is 49.5. The number of nitrogens with zero attached hydrogens (tertiary/aromatic N) is 6. The van der Waals surface area contributed by atoms with Gasteiger partial charge in [-0.25, -0.2) is 4.79 Å². The average molecular weight is 800 g/mol. The predicted molar refractivity (Wildman–Crippen MR) is 211 cm³/mol. The van der Waals surface area contributed by atoms with Gasteiger partial charge in [0, 0.05) is 44.4 Å². The van der Waals surface area contributed by atoms with Crippen LogP contribution in [0.3, 0.4) is 0 Å². The Kier molecular flexibility index (Phi) is 14.9. The third-order valence-electron chi connectivity index (χ3n) is 12.2. The number of likely N-dealkylation sites (N-methyl/N-ethyl adjacent to an activating group) is 1. The van der Waals surface area contributed by atoms with Crippen molar-refractivity contribution in [3.8, 4) is 11.4 Å². The smallest absolute Gasteiger partial charge is 0.410 e. The highest BCUT2D eigenvalue weighted by Gasteiger charge is 2.58. The number of fused-ring (bicyclic) bond motifs is 1. The maximum atomic E-state index is 14.0. The van der Waals surface area contributed by atoms with E-state index in [2.05, 4.69) is 27.5 Å². The van der Waals surface area contributed by atoms with Crippen molar-refractivity contribution < 1.29 is 43.2 Å². The molecule has 5 rings (SSSR count). The lowest BCUT2D eigenvalue weighted by Crippen LogP contribution is -2.60. The predicted octanol–water partition coefficient (Wildman–Crippen LogP) is 3.85. The number of ketones is 1. The highest BCUT2D eigenvalue weighted by molar-refractivity contribution is 5.97. The number of aryl methyl sites for hydroxylation is 1. The molecular weight excluding hydrogens is 734 g/mol. The van der Waals surface area contributed by atoms with Crippen LogP contribution in [0, 0.1) is 11.8 Å². The van der Waals surface area contributed by atoms with Crippen molar-refractivity contribution in [1.29, 1.82) is 0 Å². The monoisotopic (exact) mass is 799 g/mol. The summed E-state index contributed by atoms with van der Waals surface area (Å²) in [5, 5.41) is 23.6. The molecule has 16 nitrogen and oxygen atoms in total. The Labute approximate surface area is 337 Å². The molecule has 5 heterocycles. The maximum absolute atomic E-state index is 14.0. The van der Waals surface area contributed by atoms with Crippen LogP contribution in [0.4, 0.5) is 4.79 Å². The molecule has 3 aliphatic rings. The van der Waals surface area contributed by atoms with E-state index < -0.39 is 72.0 Å². The zero-order chi connectivity index (χ0) is 41.7. The van der Waals surface area contributed by atoms with Gasteiger partial charge in [0.05, 0.1) is 35.7 Å². The topological polar surface area (TPSA) is 180 Å². The van der Waals surface area contributed by atoms with Crippen molar-refractivity contribution in [2.24, 2.45) is 11.8 Å². The van der Waals surface area contributed by atoms with E-state index in [0.29, 0.717) is 51.0 Å². The number of hydrogen-bond acceptors (Lipinski definition) is 14. The first-order chi connectivity index (χ1) is 27.0. The van der Waals surface area contributed by atoms with E-state index in [9.17, 15) is 19.5 Å². The van der Waals surface area contributed by atoms with Crippen molar-refractivity contribution in [1.82, 2.24) is 35.1 Å². The molecule has 12 atom stereocenters.